The van der Waals surface area contributed by atoms with Crippen molar-refractivity contribution in [3.63, 3.8) is 0 Å². The van der Waals surface area contributed by atoms with E-state index in [-0.39, 0.29) is 23.5 Å². The topological polar surface area (TPSA) is 37.4 Å². The Balaban J connectivity index is 3.58. The summed E-state index contributed by atoms with van der Waals surface area (Å²) in [5.74, 6) is 0.800. The quantitative estimate of drug-likeness (QED) is 0.613. The molecule has 0 N–H and O–H groups in total. The Morgan fingerprint density at radius 3 is 1.82 bits per heavy atom. The molecule has 0 fully saturated rings. The third kappa shape index (κ3) is 7.14. The van der Waals surface area contributed by atoms with Crippen LogP contribution in [-0.2, 0) is 9.59 Å². The molecule has 2 unspecified atom stereocenters. The van der Waals surface area contributed by atoms with Crippen LogP contribution < -0.4 is 0 Å². The van der Waals surface area contributed by atoms with Crippen molar-refractivity contribution in [2.24, 2.45) is 11.8 Å². The number of unbranched alkanes of at least 4 members (excludes halogenated alkanes) is 2. The molecule has 0 aliphatic carbocycles. The minimum absolute atomic E-state index is 0.121. The van der Waals surface area contributed by atoms with Gasteiger partial charge in [0, 0.05) is 25.9 Å². The summed E-state index contributed by atoms with van der Waals surface area (Å²) in [6.45, 7) is 5.63. The van der Waals surface area contributed by atoms with E-state index in [4.69, 9.17) is 0 Å². The first-order valence-corrected chi connectivity index (χ1v) is 6.57. The highest BCUT2D eigenvalue weighted by molar-refractivity contribution is 5.78. The van der Waals surface area contributed by atoms with Crippen LogP contribution in [0.25, 0.3) is 0 Å². The Hall–Kier alpha value is -0.860. The minimum atomic E-state index is 0.121. The van der Waals surface area contributed by atoms with Gasteiger partial charge in [-0.25, -0.2) is 0 Å². The summed E-state index contributed by atoms with van der Waals surface area (Å²) < 4.78 is 0. The normalized spacial score (nSPS) is 14.2. The van der Waals surface area contributed by atoms with Crippen LogP contribution in [0.1, 0.15) is 52.9 Å². The molecule has 0 spiro atoms. The van der Waals surface area contributed by atoms with Gasteiger partial charge in [0.1, 0.15) is 5.78 Å². The summed E-state index contributed by atoms with van der Waals surface area (Å²) >= 11 is 0. The predicted octanol–water partition coefficient (Wildman–Crippen LogP) is 2.89. The number of Topliss-reactive ketones (excluding diaryl/α,β-unsaturated/α-hetero) is 1. The Kier molecular flexibility index (Phi) is 7.85. The highest BCUT2D eigenvalue weighted by Crippen LogP contribution is 2.15. The Morgan fingerprint density at radius 1 is 0.941 bits per heavy atom. The molecule has 0 aromatic heterocycles. The predicted molar refractivity (Wildman–Crippen MR) is 70.8 cm³/mol. The van der Waals surface area contributed by atoms with E-state index in [2.05, 4.69) is 0 Å². The van der Waals surface area contributed by atoms with Gasteiger partial charge in [-0.3, -0.25) is 9.59 Å². The summed E-state index contributed by atoms with van der Waals surface area (Å²) in [5.41, 5.74) is 0. The zero-order chi connectivity index (χ0) is 13.4. The van der Waals surface area contributed by atoms with Crippen molar-refractivity contribution >= 4 is 11.7 Å². The van der Waals surface area contributed by atoms with Crippen molar-refractivity contribution < 1.29 is 9.59 Å². The molecule has 0 rings (SSSR count). The third-order valence-electron chi connectivity index (χ3n) is 3.33. The lowest BCUT2D eigenvalue weighted by atomic mass is 9.97. The van der Waals surface area contributed by atoms with E-state index in [1.54, 1.807) is 25.9 Å². The highest BCUT2D eigenvalue weighted by atomic mass is 16.2. The van der Waals surface area contributed by atoms with Crippen molar-refractivity contribution in [2.75, 3.05) is 14.1 Å². The second kappa shape index (κ2) is 8.26. The summed E-state index contributed by atoms with van der Waals surface area (Å²) in [6, 6.07) is 0. The Morgan fingerprint density at radius 2 is 1.41 bits per heavy atom. The lowest BCUT2D eigenvalue weighted by Gasteiger charge is -2.16. The van der Waals surface area contributed by atoms with E-state index in [1.165, 1.54) is 0 Å². The fraction of sp³-hybridized carbons (Fsp3) is 0.857. The molecule has 0 aliphatic rings. The second-order valence-corrected chi connectivity index (χ2v) is 5.28. The van der Waals surface area contributed by atoms with Gasteiger partial charge in [0.05, 0.1) is 0 Å². The largest absolute Gasteiger partial charge is 0.349 e. The first kappa shape index (κ1) is 16.1. The molecule has 0 radical (unpaired) electrons. The lowest BCUT2D eigenvalue weighted by molar-refractivity contribution is -0.132. The molecule has 3 heteroatoms. The zero-order valence-electron chi connectivity index (χ0n) is 12.0. The number of ketones is 1. The fourth-order valence-electron chi connectivity index (χ4n) is 1.85. The number of nitrogens with zero attached hydrogens (tertiary/aromatic N) is 1. The van der Waals surface area contributed by atoms with Crippen molar-refractivity contribution in [1.29, 1.82) is 0 Å². The molecule has 0 bridgehead atoms. The molecule has 17 heavy (non-hydrogen) atoms. The number of hydrogen-bond acceptors (Lipinski definition) is 2. The number of hydrogen-bond donors (Lipinski definition) is 0. The standard InChI is InChI=1S/C14H27NO2/c1-11(13(3)16)9-7-6-8-10-12(2)14(17)15(4)5/h11-12H,6-10H2,1-5H3. The first-order chi connectivity index (χ1) is 7.86. The van der Waals surface area contributed by atoms with Crippen molar-refractivity contribution in [3.05, 3.63) is 0 Å². The van der Waals surface area contributed by atoms with E-state index in [1.807, 2.05) is 13.8 Å². The van der Waals surface area contributed by atoms with Crippen molar-refractivity contribution in [3.8, 4) is 0 Å². The van der Waals surface area contributed by atoms with Crippen LogP contribution in [-0.4, -0.2) is 30.7 Å². The number of carbonyl (C=O) groups excluding carboxylic acids is 2. The van der Waals surface area contributed by atoms with Gasteiger partial charge in [-0.05, 0) is 19.8 Å². The van der Waals surface area contributed by atoms with E-state index >= 15 is 0 Å². The Labute approximate surface area is 106 Å². The molecule has 0 saturated carbocycles. The second-order valence-electron chi connectivity index (χ2n) is 5.28. The van der Waals surface area contributed by atoms with Gasteiger partial charge in [0.2, 0.25) is 5.91 Å². The molecule has 1 amide bonds. The summed E-state index contributed by atoms with van der Waals surface area (Å²) in [7, 11) is 3.60. The number of rotatable bonds is 8. The van der Waals surface area contributed by atoms with Crippen LogP contribution in [0.5, 0.6) is 0 Å². The van der Waals surface area contributed by atoms with Gasteiger partial charge in [-0.1, -0.05) is 33.1 Å². The van der Waals surface area contributed by atoms with Crippen LogP contribution in [0.4, 0.5) is 0 Å². The maximum atomic E-state index is 11.6. The van der Waals surface area contributed by atoms with E-state index < -0.39 is 0 Å². The number of carbonyl (C=O) groups is 2. The molecule has 3 nitrogen and oxygen atoms in total. The van der Waals surface area contributed by atoms with Crippen LogP contribution in [0.3, 0.4) is 0 Å². The SMILES string of the molecule is CC(=O)C(C)CCCCCC(C)C(=O)N(C)C. The van der Waals surface area contributed by atoms with Crippen molar-refractivity contribution in [1.82, 2.24) is 4.90 Å². The molecule has 2 atom stereocenters. The average Bonchev–Trinajstić information content (AvgIpc) is 2.26. The van der Waals surface area contributed by atoms with Crippen LogP contribution in [0.2, 0.25) is 0 Å². The van der Waals surface area contributed by atoms with E-state index in [9.17, 15) is 9.59 Å². The monoisotopic (exact) mass is 241 g/mol. The molecule has 0 aliphatic heterocycles. The lowest BCUT2D eigenvalue weighted by Crippen LogP contribution is -2.27. The fourth-order valence-corrected chi connectivity index (χ4v) is 1.85. The van der Waals surface area contributed by atoms with Gasteiger partial charge < -0.3 is 4.90 Å². The molecule has 0 heterocycles. The molecule has 0 saturated heterocycles. The van der Waals surface area contributed by atoms with E-state index in [0.29, 0.717) is 0 Å². The first-order valence-electron chi connectivity index (χ1n) is 6.57. The Bertz CT molecular complexity index is 249. The summed E-state index contributed by atoms with van der Waals surface area (Å²) in [4.78, 5) is 24.3. The van der Waals surface area contributed by atoms with Crippen molar-refractivity contribution in [2.45, 2.75) is 52.9 Å². The van der Waals surface area contributed by atoms with Crippen LogP contribution >= 0.6 is 0 Å². The maximum Gasteiger partial charge on any atom is 0.224 e. The van der Waals surface area contributed by atoms with Gasteiger partial charge in [-0.2, -0.15) is 0 Å². The van der Waals surface area contributed by atoms with E-state index in [0.717, 1.165) is 32.1 Å². The number of amides is 1. The zero-order valence-corrected chi connectivity index (χ0v) is 12.0. The third-order valence-corrected chi connectivity index (χ3v) is 3.33. The van der Waals surface area contributed by atoms with Crippen LogP contribution in [0, 0.1) is 11.8 Å². The molecular weight excluding hydrogens is 214 g/mol. The molecule has 0 aromatic rings. The van der Waals surface area contributed by atoms with Gasteiger partial charge in [-0.15, -0.1) is 0 Å². The summed E-state index contributed by atoms with van der Waals surface area (Å²) in [5, 5.41) is 0. The minimum Gasteiger partial charge on any atom is -0.349 e. The van der Waals surface area contributed by atoms with Gasteiger partial charge in [0.15, 0.2) is 0 Å². The summed E-state index contributed by atoms with van der Waals surface area (Å²) in [6.07, 6.45) is 5.20. The highest BCUT2D eigenvalue weighted by Gasteiger charge is 2.14. The molecule has 100 valence electrons. The van der Waals surface area contributed by atoms with Gasteiger partial charge >= 0.3 is 0 Å². The van der Waals surface area contributed by atoms with Crippen LogP contribution in [0.15, 0.2) is 0 Å². The maximum absolute atomic E-state index is 11.6. The molecule has 0 aromatic carbocycles. The van der Waals surface area contributed by atoms with Gasteiger partial charge in [0.25, 0.3) is 0 Å². The molecular formula is C14H27NO2. The average molecular weight is 241 g/mol. The smallest absolute Gasteiger partial charge is 0.224 e.